The Bertz CT molecular complexity index is 861. The first-order chi connectivity index (χ1) is 13.8. The number of nitrogens with zero attached hydrogens (tertiary/aromatic N) is 3. The van der Waals surface area contributed by atoms with Crippen molar-refractivity contribution in [2.75, 3.05) is 18.0 Å². The highest BCUT2D eigenvalue weighted by molar-refractivity contribution is 6.43. The maximum absolute atomic E-state index is 10.5. The molecule has 0 bridgehead atoms. The van der Waals surface area contributed by atoms with Crippen LogP contribution in [0.1, 0.15) is 70.4 Å². The highest BCUT2D eigenvalue weighted by atomic mass is 35.5. The number of anilines is 1. The van der Waals surface area contributed by atoms with Crippen LogP contribution in [0, 0.1) is 12.3 Å². The number of aliphatic hydroxyl groups is 1. The van der Waals surface area contributed by atoms with E-state index in [1.807, 2.05) is 19.1 Å². The fourth-order valence-corrected chi connectivity index (χ4v) is 4.48. The zero-order valence-corrected chi connectivity index (χ0v) is 19.3. The maximum Gasteiger partial charge on any atom is 0.153 e. The summed E-state index contributed by atoms with van der Waals surface area (Å²) in [6, 6.07) is 5.49. The molecule has 0 amide bonds. The Balaban J connectivity index is 1.93. The predicted molar refractivity (Wildman–Crippen MR) is 122 cm³/mol. The van der Waals surface area contributed by atoms with Gasteiger partial charge in [0, 0.05) is 18.7 Å². The molecule has 1 aromatic heterocycles. The summed E-state index contributed by atoms with van der Waals surface area (Å²) >= 11 is 12.6. The van der Waals surface area contributed by atoms with Gasteiger partial charge in [-0.2, -0.15) is 0 Å². The monoisotopic (exact) mass is 435 g/mol. The molecule has 0 radical (unpaired) electrons. The number of hydrogen-bond donors (Lipinski definition) is 1. The van der Waals surface area contributed by atoms with Crippen LogP contribution < -0.4 is 4.90 Å². The minimum absolute atomic E-state index is 0.397. The van der Waals surface area contributed by atoms with Crippen LogP contribution in [0.2, 0.25) is 10.0 Å². The van der Waals surface area contributed by atoms with Gasteiger partial charge in [-0.1, -0.05) is 62.0 Å². The molecule has 0 spiro atoms. The highest BCUT2D eigenvalue weighted by Gasteiger charge is 2.32. The van der Waals surface area contributed by atoms with Crippen LogP contribution in [0.3, 0.4) is 0 Å². The minimum atomic E-state index is -0.719. The van der Waals surface area contributed by atoms with Gasteiger partial charge >= 0.3 is 0 Å². The number of hydrogen-bond acceptors (Lipinski definition) is 4. The number of unbranched alkanes of at least 4 members (excludes halogenated alkanes) is 1. The third-order valence-corrected chi connectivity index (χ3v) is 6.90. The smallest absolute Gasteiger partial charge is 0.153 e. The molecule has 1 fully saturated rings. The zero-order valence-electron chi connectivity index (χ0n) is 17.8. The largest absolute Gasteiger partial charge is 0.387 e. The van der Waals surface area contributed by atoms with E-state index in [2.05, 4.69) is 18.7 Å². The second-order valence-corrected chi connectivity index (χ2v) is 9.33. The van der Waals surface area contributed by atoms with Gasteiger partial charge in [0.1, 0.15) is 5.69 Å². The van der Waals surface area contributed by atoms with E-state index in [4.69, 9.17) is 33.2 Å². The average molecular weight is 436 g/mol. The second-order valence-electron chi connectivity index (χ2n) is 8.55. The van der Waals surface area contributed by atoms with Crippen molar-refractivity contribution in [1.29, 1.82) is 0 Å². The van der Waals surface area contributed by atoms with Gasteiger partial charge in [0.05, 0.1) is 27.5 Å². The van der Waals surface area contributed by atoms with Crippen LogP contribution in [0.25, 0.3) is 11.3 Å². The minimum Gasteiger partial charge on any atom is -0.387 e. The lowest BCUT2D eigenvalue weighted by Gasteiger charge is -2.40. The van der Waals surface area contributed by atoms with Crippen molar-refractivity contribution in [2.24, 2.45) is 5.41 Å². The van der Waals surface area contributed by atoms with E-state index in [1.165, 1.54) is 19.3 Å². The Morgan fingerprint density at radius 2 is 1.90 bits per heavy atom. The molecule has 1 aromatic carbocycles. The first-order valence-electron chi connectivity index (χ1n) is 10.5. The molecule has 1 aliphatic heterocycles. The topological polar surface area (TPSA) is 49.2 Å². The molecule has 1 N–H and O–H groups in total. The van der Waals surface area contributed by atoms with Crippen LogP contribution in [0.5, 0.6) is 0 Å². The number of benzene rings is 1. The number of aromatic nitrogens is 2. The van der Waals surface area contributed by atoms with Gasteiger partial charge in [-0.15, -0.1) is 0 Å². The lowest BCUT2D eigenvalue weighted by Crippen LogP contribution is -2.40. The molecule has 4 nitrogen and oxygen atoms in total. The molecule has 1 saturated heterocycles. The van der Waals surface area contributed by atoms with E-state index in [-0.39, 0.29) is 0 Å². The molecule has 1 atom stereocenters. The van der Waals surface area contributed by atoms with Crippen LogP contribution in [0.15, 0.2) is 18.2 Å². The third kappa shape index (κ3) is 4.87. The van der Waals surface area contributed by atoms with Crippen LogP contribution in [-0.2, 0) is 0 Å². The number of aryl methyl sites for hydroxylation is 1. The Morgan fingerprint density at radius 3 is 2.52 bits per heavy atom. The van der Waals surface area contributed by atoms with Gasteiger partial charge in [0.15, 0.2) is 5.82 Å². The molecule has 6 heteroatoms. The van der Waals surface area contributed by atoms with E-state index in [0.29, 0.717) is 26.8 Å². The molecule has 29 heavy (non-hydrogen) atoms. The summed E-state index contributed by atoms with van der Waals surface area (Å²) in [7, 11) is 0. The first kappa shape index (κ1) is 22.3. The summed E-state index contributed by atoms with van der Waals surface area (Å²) in [4.78, 5) is 12.0. The summed E-state index contributed by atoms with van der Waals surface area (Å²) in [5.74, 6) is 0.789. The summed E-state index contributed by atoms with van der Waals surface area (Å²) in [6.45, 7) is 10.2. The molecule has 0 saturated carbocycles. The van der Waals surface area contributed by atoms with Crippen molar-refractivity contribution in [3.63, 3.8) is 0 Å². The van der Waals surface area contributed by atoms with Gasteiger partial charge in [-0.05, 0) is 44.6 Å². The molecule has 2 heterocycles. The summed E-state index contributed by atoms with van der Waals surface area (Å²) in [5.41, 5.74) is 3.19. The van der Waals surface area contributed by atoms with Crippen LogP contribution >= 0.6 is 23.2 Å². The lowest BCUT2D eigenvalue weighted by molar-refractivity contribution is 0.192. The molecular formula is C23H31Cl2N3O. The van der Waals surface area contributed by atoms with Crippen LogP contribution in [-0.4, -0.2) is 28.2 Å². The summed E-state index contributed by atoms with van der Waals surface area (Å²) in [5, 5.41) is 11.4. The Morgan fingerprint density at radius 1 is 1.21 bits per heavy atom. The van der Waals surface area contributed by atoms with Gasteiger partial charge in [0.2, 0.25) is 0 Å². The van der Waals surface area contributed by atoms with Gasteiger partial charge < -0.3 is 10.0 Å². The lowest BCUT2D eigenvalue weighted by atomic mass is 9.76. The molecule has 1 aliphatic rings. The predicted octanol–water partition coefficient (Wildman–Crippen LogP) is 6.61. The van der Waals surface area contributed by atoms with E-state index < -0.39 is 6.10 Å². The second kappa shape index (κ2) is 9.20. The molecule has 158 valence electrons. The zero-order chi connectivity index (χ0) is 21.2. The van der Waals surface area contributed by atoms with Crippen molar-refractivity contribution in [1.82, 2.24) is 9.97 Å². The number of piperidine rings is 1. The van der Waals surface area contributed by atoms with Crippen molar-refractivity contribution < 1.29 is 5.11 Å². The standard InChI is InChI=1S/C23H31Cl2N3O/c1-5-6-10-23(4)11-13-28(14-12-23)22-21(16(3)29)27-20(15(2)26-22)17-8-7-9-18(24)19(17)25/h7-9,16,29H,5-6,10-14H2,1-4H3. The third-order valence-electron chi connectivity index (χ3n) is 6.08. The SMILES string of the molecule is CCCCC1(C)CCN(c2nc(C)c(-c3cccc(Cl)c3Cl)nc2C(C)O)CC1. The fraction of sp³-hybridized carbons (Fsp3) is 0.565. The number of halogens is 2. The van der Waals surface area contributed by atoms with Gasteiger partial charge in [0.25, 0.3) is 0 Å². The summed E-state index contributed by atoms with van der Waals surface area (Å²) in [6.07, 6.45) is 5.34. The maximum atomic E-state index is 10.5. The molecule has 3 rings (SSSR count). The van der Waals surface area contributed by atoms with E-state index in [0.717, 1.165) is 43.0 Å². The Kier molecular flexibility index (Phi) is 7.08. The van der Waals surface area contributed by atoms with Gasteiger partial charge in [-0.3, -0.25) is 0 Å². The first-order valence-corrected chi connectivity index (χ1v) is 11.3. The highest BCUT2D eigenvalue weighted by Crippen LogP contribution is 2.40. The Hall–Kier alpha value is -1.36. The van der Waals surface area contributed by atoms with E-state index >= 15 is 0 Å². The van der Waals surface area contributed by atoms with E-state index in [9.17, 15) is 5.11 Å². The van der Waals surface area contributed by atoms with Crippen molar-refractivity contribution in [3.05, 3.63) is 39.6 Å². The van der Waals surface area contributed by atoms with Crippen molar-refractivity contribution in [2.45, 2.75) is 65.9 Å². The van der Waals surface area contributed by atoms with E-state index in [1.54, 1.807) is 13.0 Å². The molecule has 2 aromatic rings. The van der Waals surface area contributed by atoms with Crippen LogP contribution in [0.4, 0.5) is 5.82 Å². The average Bonchev–Trinajstić information content (AvgIpc) is 2.69. The normalized spacial score (nSPS) is 17.4. The quantitative estimate of drug-likeness (QED) is 0.554. The number of rotatable bonds is 6. The fourth-order valence-electron chi connectivity index (χ4n) is 4.09. The summed E-state index contributed by atoms with van der Waals surface area (Å²) < 4.78 is 0. The number of aliphatic hydroxyl groups excluding tert-OH is 1. The van der Waals surface area contributed by atoms with Crippen molar-refractivity contribution in [3.8, 4) is 11.3 Å². The van der Waals surface area contributed by atoms with Gasteiger partial charge in [-0.25, -0.2) is 9.97 Å². The Labute approximate surface area is 184 Å². The molecule has 1 unspecified atom stereocenters. The van der Waals surface area contributed by atoms with Crippen molar-refractivity contribution >= 4 is 29.0 Å². The molecular weight excluding hydrogens is 405 g/mol. The molecule has 0 aliphatic carbocycles.